The third kappa shape index (κ3) is 4.44. The maximum atomic E-state index is 13.0. The second-order valence-electron chi connectivity index (χ2n) is 6.69. The third-order valence-electron chi connectivity index (χ3n) is 4.70. The maximum Gasteiger partial charge on any atom is 0.327 e. The summed E-state index contributed by atoms with van der Waals surface area (Å²) in [6.07, 6.45) is 1.04. The Kier molecular flexibility index (Phi) is 5.22. The zero-order valence-corrected chi connectivity index (χ0v) is 16.7. The summed E-state index contributed by atoms with van der Waals surface area (Å²) >= 11 is 6.09. The van der Waals surface area contributed by atoms with Gasteiger partial charge in [0.1, 0.15) is 11.8 Å². The first kappa shape index (κ1) is 17.5. The van der Waals surface area contributed by atoms with Crippen LogP contribution in [0.3, 0.4) is 0 Å². The van der Waals surface area contributed by atoms with Gasteiger partial charge in [0.2, 0.25) is 0 Å². The lowest BCUT2D eigenvalue weighted by molar-refractivity contribution is -0.141. The number of pyridine rings is 1. The average Bonchev–Trinajstić information content (AvgIpc) is 2.72. The summed E-state index contributed by atoms with van der Waals surface area (Å²) in [5.74, 6) is -1.89. The largest absolute Gasteiger partial charge is 0.495 e. The van der Waals surface area contributed by atoms with Gasteiger partial charge in [-0.1, -0.05) is 41.9 Å². The summed E-state index contributed by atoms with van der Waals surface area (Å²) in [6.45, 7) is 1.32. The zero-order valence-electron chi connectivity index (χ0n) is 19.0. The first-order valence-corrected chi connectivity index (χ1v) is 9.37. The molecule has 7 heteroatoms. The van der Waals surface area contributed by atoms with E-state index < -0.39 is 24.6 Å². The monoisotopic (exact) mass is 428 g/mol. The maximum absolute atomic E-state index is 13.0. The van der Waals surface area contributed by atoms with Crippen LogP contribution in [0.4, 0.5) is 0 Å². The Labute approximate surface area is 182 Å². The zero-order chi connectivity index (χ0) is 24.3. The molecule has 3 rings (SSSR count). The number of carbonyl (C=O) groups is 2. The van der Waals surface area contributed by atoms with E-state index in [2.05, 4.69) is 0 Å². The fraction of sp³-hybridized carbons (Fsp3) is 0.174. The van der Waals surface area contributed by atoms with Gasteiger partial charge in [0, 0.05) is 28.6 Å². The number of carboxylic acids is 1. The van der Waals surface area contributed by atoms with Crippen molar-refractivity contribution in [2.24, 2.45) is 0 Å². The molecule has 0 aliphatic heterocycles. The predicted molar refractivity (Wildman–Crippen MR) is 115 cm³/mol. The highest BCUT2D eigenvalue weighted by Gasteiger charge is 2.24. The van der Waals surface area contributed by atoms with Crippen LogP contribution in [-0.2, 0) is 11.2 Å². The smallest absolute Gasteiger partial charge is 0.327 e. The van der Waals surface area contributed by atoms with Crippen molar-refractivity contribution in [1.82, 2.24) is 4.57 Å². The van der Waals surface area contributed by atoms with Crippen LogP contribution in [-0.4, -0.2) is 28.5 Å². The normalized spacial score (nSPS) is 13.6. The van der Waals surface area contributed by atoms with Gasteiger partial charge in [-0.05, 0) is 36.2 Å². The van der Waals surface area contributed by atoms with Crippen molar-refractivity contribution in [2.45, 2.75) is 19.4 Å². The highest BCUT2D eigenvalue weighted by Crippen LogP contribution is 2.34. The van der Waals surface area contributed by atoms with Crippen LogP contribution >= 0.6 is 11.6 Å². The van der Waals surface area contributed by atoms with E-state index in [1.54, 1.807) is 30.3 Å². The van der Waals surface area contributed by atoms with Crippen LogP contribution in [0.25, 0.3) is 11.1 Å². The van der Waals surface area contributed by atoms with Gasteiger partial charge in [0.25, 0.3) is 5.56 Å². The summed E-state index contributed by atoms with van der Waals surface area (Å²) in [4.78, 5) is 37.2. The first-order chi connectivity index (χ1) is 15.5. The van der Waals surface area contributed by atoms with Gasteiger partial charge in [0.15, 0.2) is 5.78 Å². The molecule has 6 nitrogen and oxygen atoms in total. The number of ether oxygens (including phenoxy) is 1. The molecule has 2 aromatic carbocycles. The molecule has 1 aromatic heterocycles. The number of aromatic nitrogens is 1. The molecule has 1 unspecified atom stereocenters. The van der Waals surface area contributed by atoms with Gasteiger partial charge in [0.05, 0.1) is 17.3 Å². The van der Waals surface area contributed by atoms with Gasteiger partial charge in [-0.2, -0.15) is 0 Å². The SMILES string of the molecule is [2H]C([2H])([2H])Oc1cn(C(Cc2ccccc2)C(=O)O)c(=O)cc1-c1cc(Cl)ccc1C(C)=O. The Morgan fingerprint density at radius 3 is 2.53 bits per heavy atom. The minimum atomic E-state index is -2.90. The number of halogens is 1. The number of benzene rings is 2. The van der Waals surface area contributed by atoms with Gasteiger partial charge in [-0.15, -0.1) is 0 Å². The molecule has 3 aromatic rings. The van der Waals surface area contributed by atoms with Crippen LogP contribution in [0.1, 0.15) is 33.0 Å². The molecule has 0 aliphatic rings. The van der Waals surface area contributed by atoms with Crippen molar-refractivity contribution in [3.8, 4) is 16.9 Å². The van der Waals surface area contributed by atoms with Crippen LogP contribution in [0.5, 0.6) is 5.75 Å². The topological polar surface area (TPSA) is 85.6 Å². The number of Topliss-reactive ketones (excluding diaryl/α,β-unsaturated/α-hetero) is 1. The van der Waals surface area contributed by atoms with Crippen molar-refractivity contribution >= 4 is 23.4 Å². The van der Waals surface area contributed by atoms with E-state index in [4.69, 9.17) is 20.5 Å². The Morgan fingerprint density at radius 1 is 1.17 bits per heavy atom. The van der Waals surface area contributed by atoms with Crippen LogP contribution in [0, 0.1) is 0 Å². The van der Waals surface area contributed by atoms with Crippen molar-refractivity contribution in [3.63, 3.8) is 0 Å². The van der Waals surface area contributed by atoms with E-state index in [1.165, 1.54) is 25.1 Å². The number of hydrogen-bond donors (Lipinski definition) is 1. The minimum absolute atomic E-state index is 0.0154. The lowest BCUT2D eigenvalue weighted by Crippen LogP contribution is -2.31. The van der Waals surface area contributed by atoms with E-state index in [1.807, 2.05) is 0 Å². The average molecular weight is 429 g/mol. The molecule has 154 valence electrons. The Bertz CT molecular complexity index is 1260. The molecule has 1 heterocycles. The fourth-order valence-corrected chi connectivity index (χ4v) is 3.42. The van der Waals surface area contributed by atoms with Gasteiger partial charge in [-0.25, -0.2) is 4.79 Å². The van der Waals surface area contributed by atoms with Gasteiger partial charge >= 0.3 is 5.97 Å². The standard InChI is InChI=1S/C23H20ClNO5/c1-14(26)17-9-8-16(24)11-18(17)19-12-22(27)25(13-21(19)30-2)20(23(28)29)10-15-6-4-3-5-7-15/h3-9,11-13,20H,10H2,1-2H3,(H,28,29)/i2D3. The summed E-state index contributed by atoms with van der Waals surface area (Å²) in [5.41, 5.74) is 0.386. The van der Waals surface area contributed by atoms with Crippen LogP contribution < -0.4 is 10.3 Å². The molecule has 0 aliphatic carbocycles. The molecule has 0 spiro atoms. The molecule has 1 N–H and O–H groups in total. The lowest BCUT2D eigenvalue weighted by atomic mass is 9.97. The highest BCUT2D eigenvalue weighted by atomic mass is 35.5. The van der Waals surface area contributed by atoms with Crippen LogP contribution in [0.15, 0.2) is 65.6 Å². The third-order valence-corrected chi connectivity index (χ3v) is 4.93. The second kappa shape index (κ2) is 8.97. The summed E-state index contributed by atoms with van der Waals surface area (Å²) in [6, 6.07) is 12.8. The molecule has 1 atom stereocenters. The predicted octanol–water partition coefficient (Wildman–Crippen LogP) is 4.25. The van der Waals surface area contributed by atoms with Crippen molar-refractivity contribution in [2.75, 3.05) is 7.04 Å². The quantitative estimate of drug-likeness (QED) is 0.568. The van der Waals surface area contributed by atoms with Gasteiger partial charge < -0.3 is 9.84 Å². The van der Waals surface area contributed by atoms with Gasteiger partial charge in [-0.3, -0.25) is 14.2 Å². The molecular weight excluding hydrogens is 406 g/mol. The number of aliphatic carboxylic acids is 1. The minimum Gasteiger partial charge on any atom is -0.495 e. The molecule has 0 fully saturated rings. The van der Waals surface area contributed by atoms with E-state index in [0.29, 0.717) is 5.56 Å². The number of rotatable bonds is 7. The Morgan fingerprint density at radius 2 is 1.90 bits per heavy atom. The molecule has 0 bridgehead atoms. The van der Waals surface area contributed by atoms with Crippen molar-refractivity contribution in [1.29, 1.82) is 0 Å². The molecule has 0 saturated heterocycles. The number of methoxy groups -OCH3 is 1. The highest BCUT2D eigenvalue weighted by molar-refractivity contribution is 6.31. The van der Waals surface area contributed by atoms with E-state index >= 15 is 0 Å². The summed E-state index contributed by atoms with van der Waals surface area (Å²) < 4.78 is 28.6. The number of ketones is 1. The van der Waals surface area contributed by atoms with Crippen LogP contribution in [0.2, 0.25) is 5.02 Å². The number of nitrogens with zero attached hydrogens (tertiary/aromatic N) is 1. The fourth-order valence-electron chi connectivity index (χ4n) is 3.25. The summed E-state index contributed by atoms with van der Waals surface area (Å²) in [5, 5.41) is 10.1. The van der Waals surface area contributed by atoms with Crippen molar-refractivity contribution in [3.05, 3.63) is 87.3 Å². The van der Waals surface area contributed by atoms with Crippen molar-refractivity contribution < 1.29 is 23.5 Å². The second-order valence-corrected chi connectivity index (χ2v) is 7.13. The summed E-state index contributed by atoms with van der Waals surface area (Å²) in [7, 11) is -2.90. The number of carboxylic acid groups (broad SMARTS) is 1. The number of hydrogen-bond acceptors (Lipinski definition) is 4. The molecule has 0 saturated carbocycles. The molecule has 30 heavy (non-hydrogen) atoms. The molecule has 0 amide bonds. The lowest BCUT2D eigenvalue weighted by Gasteiger charge is -2.19. The molecular formula is C23H20ClNO5. The van der Waals surface area contributed by atoms with E-state index in [9.17, 15) is 19.5 Å². The van der Waals surface area contributed by atoms with E-state index in [0.717, 1.165) is 16.8 Å². The first-order valence-electron chi connectivity index (χ1n) is 10.5. The van der Waals surface area contributed by atoms with E-state index in [-0.39, 0.29) is 39.7 Å². The Balaban J connectivity index is 2.23. The molecule has 0 radical (unpaired) electrons. The number of carbonyl (C=O) groups excluding carboxylic acids is 1. The Hall–Kier alpha value is -3.38.